The van der Waals surface area contributed by atoms with Crippen molar-refractivity contribution in [1.82, 2.24) is 4.57 Å². The third-order valence-electron chi connectivity index (χ3n) is 13.5. The summed E-state index contributed by atoms with van der Waals surface area (Å²) in [4.78, 5) is 2.50. The average Bonchev–Trinajstić information content (AvgIpc) is 3.88. The minimum Gasteiger partial charge on any atom is -0.310 e. The van der Waals surface area contributed by atoms with E-state index in [-0.39, 0.29) is 5.41 Å². The Labute approximate surface area is 351 Å². The summed E-state index contributed by atoms with van der Waals surface area (Å²) >= 11 is 0. The van der Waals surface area contributed by atoms with Crippen molar-refractivity contribution in [3.8, 4) is 27.9 Å². The number of hydrogen-bond acceptors (Lipinski definition) is 1. The standard InChI is InChI=1S/C58H42N2/c1-57(2)51-27-15-12-24-45(51)47-33-30-42(36-53(47)57)59(44-32-35-50-49-26-14-17-29-55(49)60(56(50)38-44)41-22-10-5-11-23-41)43-31-34-48-46-25-13-16-28-52(46)58(54(48)37-43,39-18-6-3-7-19-39)40-20-8-4-9-21-40/h3-38H,1-2H3. The summed E-state index contributed by atoms with van der Waals surface area (Å²) in [6, 6.07) is 81.1. The van der Waals surface area contributed by atoms with E-state index in [4.69, 9.17) is 0 Å². The van der Waals surface area contributed by atoms with Crippen LogP contribution in [-0.4, -0.2) is 4.57 Å². The van der Waals surface area contributed by atoms with E-state index in [0.717, 1.165) is 22.7 Å². The van der Waals surface area contributed by atoms with Crippen LogP contribution in [0, 0.1) is 0 Å². The van der Waals surface area contributed by atoms with Crippen LogP contribution >= 0.6 is 0 Å². The highest BCUT2D eigenvalue weighted by atomic mass is 15.1. The number of fused-ring (bicyclic) bond motifs is 9. The van der Waals surface area contributed by atoms with Crippen LogP contribution in [0.1, 0.15) is 47.2 Å². The first-order chi connectivity index (χ1) is 29.5. The zero-order chi connectivity index (χ0) is 40.0. The maximum absolute atomic E-state index is 2.50. The minimum absolute atomic E-state index is 0.146. The molecular formula is C58H42N2. The van der Waals surface area contributed by atoms with Crippen molar-refractivity contribution in [3.05, 3.63) is 252 Å². The molecule has 0 radical (unpaired) electrons. The molecule has 0 atom stereocenters. The van der Waals surface area contributed by atoms with E-state index in [1.165, 1.54) is 77.4 Å². The molecule has 12 rings (SSSR count). The van der Waals surface area contributed by atoms with Gasteiger partial charge < -0.3 is 9.47 Å². The Morgan fingerprint density at radius 2 is 0.817 bits per heavy atom. The van der Waals surface area contributed by atoms with E-state index < -0.39 is 5.41 Å². The van der Waals surface area contributed by atoms with Crippen LogP contribution in [0.4, 0.5) is 17.1 Å². The molecule has 0 saturated heterocycles. The Bertz CT molecular complexity index is 3240. The van der Waals surface area contributed by atoms with Gasteiger partial charge in [0.05, 0.1) is 16.4 Å². The molecule has 284 valence electrons. The van der Waals surface area contributed by atoms with Gasteiger partial charge in [-0.2, -0.15) is 0 Å². The van der Waals surface area contributed by atoms with E-state index in [1.807, 2.05) is 0 Å². The van der Waals surface area contributed by atoms with Crippen LogP contribution in [-0.2, 0) is 10.8 Å². The van der Waals surface area contributed by atoms with Crippen molar-refractivity contribution in [2.75, 3.05) is 4.90 Å². The Morgan fingerprint density at radius 1 is 0.350 bits per heavy atom. The van der Waals surface area contributed by atoms with Gasteiger partial charge in [-0.15, -0.1) is 0 Å². The SMILES string of the molecule is CC1(C)c2ccccc2-c2ccc(N(c3ccc4c(c3)C(c3ccccc3)(c3ccccc3)c3ccccc3-4)c3ccc4c5ccccc5n(-c5ccccc5)c4c3)cc21. The van der Waals surface area contributed by atoms with Gasteiger partial charge in [0.1, 0.15) is 0 Å². The van der Waals surface area contributed by atoms with Gasteiger partial charge in [-0.25, -0.2) is 0 Å². The molecule has 1 aromatic heterocycles. The number of para-hydroxylation sites is 2. The van der Waals surface area contributed by atoms with Crippen LogP contribution in [0.15, 0.2) is 218 Å². The lowest BCUT2D eigenvalue weighted by atomic mass is 9.67. The minimum atomic E-state index is -0.513. The number of benzene rings is 9. The van der Waals surface area contributed by atoms with Gasteiger partial charge >= 0.3 is 0 Å². The second kappa shape index (κ2) is 13.0. The molecule has 0 aliphatic heterocycles. The molecule has 2 aliphatic rings. The largest absolute Gasteiger partial charge is 0.310 e. The highest BCUT2D eigenvalue weighted by Gasteiger charge is 2.46. The molecule has 0 amide bonds. The van der Waals surface area contributed by atoms with Crippen molar-refractivity contribution in [2.45, 2.75) is 24.7 Å². The molecule has 0 unspecified atom stereocenters. The van der Waals surface area contributed by atoms with Crippen molar-refractivity contribution in [2.24, 2.45) is 0 Å². The molecule has 0 spiro atoms. The molecule has 0 fully saturated rings. The topological polar surface area (TPSA) is 8.17 Å². The number of nitrogens with zero attached hydrogens (tertiary/aromatic N) is 2. The number of aromatic nitrogens is 1. The first kappa shape index (κ1) is 34.6. The van der Waals surface area contributed by atoms with Crippen LogP contribution in [0.25, 0.3) is 49.7 Å². The summed E-state index contributed by atoms with van der Waals surface area (Å²) in [5, 5.41) is 2.48. The highest BCUT2D eigenvalue weighted by Crippen LogP contribution is 2.58. The lowest BCUT2D eigenvalue weighted by Gasteiger charge is -2.35. The maximum Gasteiger partial charge on any atom is 0.0714 e. The predicted octanol–water partition coefficient (Wildman–Crippen LogP) is 14.9. The molecule has 2 aliphatic carbocycles. The van der Waals surface area contributed by atoms with E-state index >= 15 is 0 Å². The van der Waals surface area contributed by atoms with E-state index in [1.54, 1.807) is 0 Å². The summed E-state index contributed by atoms with van der Waals surface area (Å²) < 4.78 is 2.42. The first-order valence-electron chi connectivity index (χ1n) is 21.0. The summed E-state index contributed by atoms with van der Waals surface area (Å²) in [6.45, 7) is 4.74. The number of hydrogen-bond donors (Lipinski definition) is 0. The second-order valence-corrected chi connectivity index (χ2v) is 16.9. The van der Waals surface area contributed by atoms with Crippen molar-refractivity contribution in [3.63, 3.8) is 0 Å². The molecule has 1 heterocycles. The van der Waals surface area contributed by atoms with Crippen LogP contribution in [0.2, 0.25) is 0 Å². The third kappa shape index (κ3) is 4.82. The zero-order valence-electron chi connectivity index (χ0n) is 33.7. The van der Waals surface area contributed by atoms with Gasteiger partial charge in [0.25, 0.3) is 0 Å². The number of anilines is 3. The summed E-state index contributed by atoms with van der Waals surface area (Å²) in [7, 11) is 0. The lowest BCUT2D eigenvalue weighted by Crippen LogP contribution is -2.28. The molecule has 9 aromatic carbocycles. The normalized spacial score (nSPS) is 14.1. The molecule has 0 saturated carbocycles. The van der Waals surface area contributed by atoms with E-state index in [9.17, 15) is 0 Å². The fraction of sp³-hybridized carbons (Fsp3) is 0.0690. The Hall–Kier alpha value is -7.42. The van der Waals surface area contributed by atoms with Gasteiger partial charge in [0.15, 0.2) is 0 Å². The van der Waals surface area contributed by atoms with Gasteiger partial charge in [0.2, 0.25) is 0 Å². The fourth-order valence-electron chi connectivity index (χ4n) is 10.8. The van der Waals surface area contributed by atoms with Crippen LogP contribution < -0.4 is 4.90 Å². The highest BCUT2D eigenvalue weighted by molar-refractivity contribution is 6.10. The second-order valence-electron chi connectivity index (χ2n) is 16.9. The predicted molar refractivity (Wildman–Crippen MR) is 250 cm³/mol. The molecule has 0 N–H and O–H groups in total. The lowest BCUT2D eigenvalue weighted by molar-refractivity contribution is 0.660. The fourth-order valence-corrected chi connectivity index (χ4v) is 10.8. The Morgan fingerprint density at radius 3 is 1.50 bits per heavy atom. The first-order valence-corrected chi connectivity index (χ1v) is 21.0. The summed E-state index contributed by atoms with van der Waals surface area (Å²) in [6.07, 6.45) is 0. The average molecular weight is 767 g/mol. The van der Waals surface area contributed by atoms with Gasteiger partial charge in [0, 0.05) is 38.9 Å². The maximum atomic E-state index is 2.50. The summed E-state index contributed by atoms with van der Waals surface area (Å²) in [5.41, 5.74) is 19.3. The Balaban J connectivity index is 1.15. The van der Waals surface area contributed by atoms with Gasteiger partial charge in [-0.1, -0.05) is 178 Å². The molecule has 60 heavy (non-hydrogen) atoms. The monoisotopic (exact) mass is 766 g/mol. The molecule has 0 bridgehead atoms. The van der Waals surface area contributed by atoms with Crippen molar-refractivity contribution < 1.29 is 0 Å². The zero-order valence-corrected chi connectivity index (χ0v) is 33.7. The third-order valence-corrected chi connectivity index (χ3v) is 13.5. The van der Waals surface area contributed by atoms with Gasteiger partial charge in [-0.3, -0.25) is 0 Å². The molecular weight excluding hydrogens is 725 g/mol. The van der Waals surface area contributed by atoms with Crippen molar-refractivity contribution in [1.29, 1.82) is 0 Å². The van der Waals surface area contributed by atoms with E-state index in [0.29, 0.717) is 0 Å². The van der Waals surface area contributed by atoms with Crippen LogP contribution in [0.3, 0.4) is 0 Å². The molecule has 10 aromatic rings. The molecule has 2 nitrogen and oxygen atoms in total. The summed E-state index contributed by atoms with van der Waals surface area (Å²) in [5.74, 6) is 0. The number of rotatable bonds is 6. The van der Waals surface area contributed by atoms with Gasteiger partial charge in [-0.05, 0) is 110 Å². The van der Waals surface area contributed by atoms with Crippen molar-refractivity contribution >= 4 is 38.9 Å². The smallest absolute Gasteiger partial charge is 0.0714 e. The Kier molecular flexibility index (Phi) is 7.52. The van der Waals surface area contributed by atoms with Crippen LogP contribution in [0.5, 0.6) is 0 Å². The molecule has 2 heteroatoms. The van der Waals surface area contributed by atoms with E-state index in [2.05, 4.69) is 242 Å². The quantitative estimate of drug-likeness (QED) is 0.164.